The molecule has 4 heteroatoms. The number of hydrogen-bond donors (Lipinski definition) is 0. The normalized spacial score (nSPS) is 16.3. The van der Waals surface area contributed by atoms with Crippen LogP contribution >= 0.6 is 11.8 Å². The number of hydrogen-bond acceptors (Lipinski definition) is 3. The van der Waals surface area contributed by atoms with Crippen LogP contribution in [0.4, 0.5) is 4.39 Å². The van der Waals surface area contributed by atoms with Crippen molar-refractivity contribution in [2.45, 2.75) is 36.4 Å². The average molecular weight is 436 g/mol. The third-order valence-electron chi connectivity index (χ3n) is 6.03. The molecule has 3 aromatic carbocycles. The summed E-state index contributed by atoms with van der Waals surface area (Å²) in [7, 11) is 0. The molecule has 162 valence electrons. The number of piperidine rings is 1. The van der Waals surface area contributed by atoms with Crippen LogP contribution in [-0.4, -0.2) is 35.9 Å². The zero-order valence-corrected chi connectivity index (χ0v) is 18.7. The van der Waals surface area contributed by atoms with Gasteiger partial charge < -0.3 is 9.64 Å². The third-order valence-corrected chi connectivity index (χ3v) is 7.31. The summed E-state index contributed by atoms with van der Waals surface area (Å²) in [4.78, 5) is 3.65. The Morgan fingerprint density at radius 1 is 0.806 bits per heavy atom. The van der Waals surface area contributed by atoms with Crippen molar-refractivity contribution in [3.63, 3.8) is 0 Å². The summed E-state index contributed by atoms with van der Waals surface area (Å²) in [6.07, 6.45) is 3.12. The van der Waals surface area contributed by atoms with Crippen LogP contribution in [0.1, 0.15) is 24.0 Å². The first kappa shape index (κ1) is 22.1. The molecule has 31 heavy (non-hydrogen) atoms. The molecule has 2 nitrogen and oxygen atoms in total. The van der Waals surface area contributed by atoms with Crippen molar-refractivity contribution in [3.05, 3.63) is 102 Å². The van der Waals surface area contributed by atoms with Gasteiger partial charge in [-0.1, -0.05) is 60.7 Å². The standard InChI is InChI=1S/C27H30FNOS/c28-25-11-13-26(14-12-25)31-22-27(30-21-24-9-5-2-6-10-24)16-19-29(20-17-27)18-15-23-7-3-1-4-8-23/h1-14H,15-22H2. The van der Waals surface area contributed by atoms with Gasteiger partial charge in [0.15, 0.2) is 0 Å². The molecular weight excluding hydrogens is 405 g/mol. The van der Waals surface area contributed by atoms with Gasteiger partial charge in [0.2, 0.25) is 0 Å². The number of halogens is 1. The number of ether oxygens (including phenoxy) is 1. The summed E-state index contributed by atoms with van der Waals surface area (Å²) in [6, 6.07) is 27.9. The fourth-order valence-electron chi connectivity index (χ4n) is 4.00. The second-order valence-corrected chi connectivity index (χ2v) is 9.33. The van der Waals surface area contributed by atoms with E-state index >= 15 is 0 Å². The van der Waals surface area contributed by atoms with Gasteiger partial charge in [-0.05, 0) is 54.7 Å². The molecule has 0 N–H and O–H groups in total. The van der Waals surface area contributed by atoms with Gasteiger partial charge in [-0.25, -0.2) is 4.39 Å². The number of thioether (sulfide) groups is 1. The highest BCUT2D eigenvalue weighted by molar-refractivity contribution is 7.99. The Kier molecular flexibility index (Phi) is 7.79. The Morgan fingerprint density at radius 2 is 1.42 bits per heavy atom. The van der Waals surface area contributed by atoms with Crippen molar-refractivity contribution < 1.29 is 9.13 Å². The molecule has 0 spiro atoms. The van der Waals surface area contributed by atoms with Gasteiger partial charge in [-0.15, -0.1) is 11.8 Å². The molecule has 1 heterocycles. The Hall–Kier alpha value is -2.14. The van der Waals surface area contributed by atoms with Gasteiger partial charge in [0.25, 0.3) is 0 Å². The molecule has 1 saturated heterocycles. The minimum Gasteiger partial charge on any atom is -0.369 e. The van der Waals surface area contributed by atoms with Crippen molar-refractivity contribution in [3.8, 4) is 0 Å². The van der Waals surface area contributed by atoms with Crippen molar-refractivity contribution >= 4 is 11.8 Å². The van der Waals surface area contributed by atoms with Crippen molar-refractivity contribution in [1.82, 2.24) is 4.90 Å². The summed E-state index contributed by atoms with van der Waals surface area (Å²) in [5.41, 5.74) is 2.45. The first-order valence-corrected chi connectivity index (χ1v) is 12.0. The summed E-state index contributed by atoms with van der Waals surface area (Å²) in [5, 5.41) is 0. The van der Waals surface area contributed by atoms with E-state index in [2.05, 4.69) is 59.5 Å². The predicted octanol–water partition coefficient (Wildman–Crippen LogP) is 6.21. The minimum atomic E-state index is -0.189. The second kappa shape index (κ2) is 10.9. The molecule has 0 saturated carbocycles. The van der Waals surface area contributed by atoms with Crippen molar-refractivity contribution in [1.29, 1.82) is 0 Å². The largest absolute Gasteiger partial charge is 0.369 e. The lowest BCUT2D eigenvalue weighted by Gasteiger charge is -2.41. The van der Waals surface area contributed by atoms with Gasteiger partial charge >= 0.3 is 0 Å². The Labute approximate surface area is 189 Å². The van der Waals surface area contributed by atoms with Gasteiger partial charge in [-0.3, -0.25) is 0 Å². The van der Waals surface area contributed by atoms with Gasteiger partial charge in [0.1, 0.15) is 5.82 Å². The molecule has 0 unspecified atom stereocenters. The van der Waals surface area contributed by atoms with E-state index in [1.54, 1.807) is 11.8 Å². The summed E-state index contributed by atoms with van der Waals surface area (Å²) >= 11 is 1.77. The monoisotopic (exact) mass is 435 g/mol. The zero-order chi connectivity index (χ0) is 21.4. The summed E-state index contributed by atoms with van der Waals surface area (Å²) in [6.45, 7) is 3.82. The lowest BCUT2D eigenvalue weighted by atomic mass is 9.92. The highest BCUT2D eigenvalue weighted by Gasteiger charge is 2.35. The van der Waals surface area contributed by atoms with Crippen LogP contribution in [0.5, 0.6) is 0 Å². The molecule has 0 aromatic heterocycles. The molecule has 0 radical (unpaired) electrons. The first-order valence-electron chi connectivity index (χ1n) is 11.0. The molecule has 4 rings (SSSR count). The lowest BCUT2D eigenvalue weighted by Crippen LogP contribution is -2.48. The van der Waals surface area contributed by atoms with Crippen LogP contribution in [0.3, 0.4) is 0 Å². The molecule has 1 aliphatic heterocycles. The van der Waals surface area contributed by atoms with E-state index in [1.807, 2.05) is 18.2 Å². The quantitative estimate of drug-likeness (QED) is 0.371. The van der Waals surface area contributed by atoms with Crippen LogP contribution in [0.2, 0.25) is 0 Å². The Balaban J connectivity index is 1.36. The number of rotatable bonds is 9. The molecule has 0 aliphatic carbocycles. The van der Waals surface area contributed by atoms with Crippen LogP contribution in [0.25, 0.3) is 0 Å². The second-order valence-electron chi connectivity index (χ2n) is 8.28. The molecule has 0 bridgehead atoms. The Morgan fingerprint density at radius 3 is 2.06 bits per heavy atom. The maximum Gasteiger partial charge on any atom is 0.123 e. The van der Waals surface area contributed by atoms with Crippen LogP contribution < -0.4 is 0 Å². The maximum atomic E-state index is 13.3. The number of likely N-dealkylation sites (tertiary alicyclic amines) is 1. The molecular formula is C27H30FNOS. The Bertz CT molecular complexity index is 909. The summed E-state index contributed by atoms with van der Waals surface area (Å²) in [5.74, 6) is 0.698. The fraction of sp³-hybridized carbons (Fsp3) is 0.333. The van der Waals surface area contributed by atoms with Crippen LogP contribution in [-0.2, 0) is 17.8 Å². The maximum absolute atomic E-state index is 13.3. The molecule has 3 aromatic rings. The van der Waals surface area contributed by atoms with Crippen molar-refractivity contribution in [2.75, 3.05) is 25.4 Å². The zero-order valence-electron chi connectivity index (χ0n) is 17.9. The van der Waals surface area contributed by atoms with E-state index in [-0.39, 0.29) is 11.4 Å². The van der Waals surface area contributed by atoms with Gasteiger partial charge in [-0.2, -0.15) is 0 Å². The molecule has 1 fully saturated rings. The highest BCUT2D eigenvalue weighted by atomic mass is 32.2. The lowest BCUT2D eigenvalue weighted by molar-refractivity contribution is -0.0767. The van der Waals surface area contributed by atoms with Crippen molar-refractivity contribution in [2.24, 2.45) is 0 Å². The van der Waals surface area contributed by atoms with E-state index < -0.39 is 0 Å². The first-order chi connectivity index (χ1) is 15.2. The molecule has 1 aliphatic rings. The topological polar surface area (TPSA) is 12.5 Å². The van der Waals surface area contributed by atoms with Crippen LogP contribution in [0, 0.1) is 5.82 Å². The minimum absolute atomic E-state index is 0.155. The van der Waals surface area contributed by atoms with E-state index in [4.69, 9.17) is 4.74 Å². The van der Waals surface area contributed by atoms with E-state index in [0.717, 1.165) is 49.5 Å². The van der Waals surface area contributed by atoms with Crippen LogP contribution in [0.15, 0.2) is 89.8 Å². The molecule has 0 atom stereocenters. The van der Waals surface area contributed by atoms with Gasteiger partial charge in [0.05, 0.1) is 12.2 Å². The summed E-state index contributed by atoms with van der Waals surface area (Å²) < 4.78 is 19.9. The smallest absolute Gasteiger partial charge is 0.123 e. The highest BCUT2D eigenvalue weighted by Crippen LogP contribution is 2.34. The van der Waals surface area contributed by atoms with Gasteiger partial charge in [0, 0.05) is 30.3 Å². The van der Waals surface area contributed by atoms with E-state index in [9.17, 15) is 4.39 Å². The third kappa shape index (κ3) is 6.67. The predicted molar refractivity (Wildman–Crippen MR) is 127 cm³/mol. The number of nitrogens with zero attached hydrogens (tertiary/aromatic N) is 1. The van der Waals surface area contributed by atoms with E-state index in [1.165, 1.54) is 23.3 Å². The average Bonchev–Trinajstić information content (AvgIpc) is 2.83. The number of benzene rings is 3. The fourth-order valence-corrected chi connectivity index (χ4v) is 5.13. The SMILES string of the molecule is Fc1ccc(SCC2(OCc3ccccc3)CCN(CCc3ccccc3)CC2)cc1. The van der Waals surface area contributed by atoms with E-state index in [0.29, 0.717) is 6.61 Å². The molecule has 0 amide bonds.